The fourth-order valence-electron chi connectivity index (χ4n) is 4.25. The molecule has 32 heavy (non-hydrogen) atoms. The van der Waals surface area contributed by atoms with E-state index in [1.165, 1.54) is 41.3 Å². The lowest BCUT2D eigenvalue weighted by atomic mass is 9.77. The first-order valence-corrected chi connectivity index (χ1v) is 10.5. The Hall–Kier alpha value is -3.34. The van der Waals surface area contributed by atoms with Crippen molar-refractivity contribution in [3.8, 4) is 6.07 Å². The predicted molar refractivity (Wildman–Crippen MR) is 111 cm³/mol. The van der Waals surface area contributed by atoms with E-state index in [-0.39, 0.29) is 47.6 Å². The normalized spacial score (nSPS) is 19.7. The van der Waals surface area contributed by atoms with E-state index in [0.717, 1.165) is 37.2 Å². The quantitative estimate of drug-likeness (QED) is 0.693. The molecular formula is C24H22F3N3O2. The van der Waals surface area contributed by atoms with Gasteiger partial charge in [-0.2, -0.15) is 5.26 Å². The number of nitriles is 1. The van der Waals surface area contributed by atoms with Crippen LogP contribution in [-0.4, -0.2) is 29.3 Å². The Morgan fingerprint density at radius 3 is 2.34 bits per heavy atom. The molecule has 4 rings (SSSR count). The first-order chi connectivity index (χ1) is 15.2. The van der Waals surface area contributed by atoms with Gasteiger partial charge in [0.15, 0.2) is 0 Å². The second-order valence-electron chi connectivity index (χ2n) is 8.45. The van der Waals surface area contributed by atoms with Crippen molar-refractivity contribution in [2.75, 3.05) is 11.4 Å². The first-order valence-electron chi connectivity index (χ1n) is 10.5. The minimum absolute atomic E-state index is 0.0270. The number of piperazine rings is 1. The third-order valence-corrected chi connectivity index (χ3v) is 6.25. The van der Waals surface area contributed by atoms with Gasteiger partial charge in [0.25, 0.3) is 11.8 Å². The molecule has 5 nitrogen and oxygen atoms in total. The van der Waals surface area contributed by atoms with Crippen molar-refractivity contribution in [3.05, 3.63) is 65.0 Å². The first kappa shape index (κ1) is 21.9. The molecule has 2 amide bonds. The van der Waals surface area contributed by atoms with Crippen LogP contribution in [0.25, 0.3) is 0 Å². The zero-order valence-electron chi connectivity index (χ0n) is 17.5. The zero-order chi connectivity index (χ0) is 23.0. The van der Waals surface area contributed by atoms with Crippen molar-refractivity contribution < 1.29 is 22.8 Å². The maximum Gasteiger partial charge on any atom is 0.270 e. The molecule has 8 heteroatoms. The molecule has 0 aromatic heterocycles. The lowest BCUT2D eigenvalue weighted by Crippen LogP contribution is -2.63. The molecule has 2 aromatic carbocycles. The Morgan fingerprint density at radius 1 is 1.12 bits per heavy atom. The van der Waals surface area contributed by atoms with E-state index >= 15 is 0 Å². The van der Waals surface area contributed by atoms with Crippen LogP contribution in [0.15, 0.2) is 42.5 Å². The van der Waals surface area contributed by atoms with Gasteiger partial charge >= 0.3 is 0 Å². The fraction of sp³-hybridized carbons (Fsp3) is 0.375. The molecule has 1 heterocycles. The van der Waals surface area contributed by atoms with E-state index < -0.39 is 17.8 Å². The summed E-state index contributed by atoms with van der Waals surface area (Å²) in [5, 5.41) is 8.95. The molecular weight excluding hydrogens is 419 g/mol. The molecule has 2 fully saturated rings. The molecule has 1 unspecified atom stereocenters. The van der Waals surface area contributed by atoms with E-state index in [9.17, 15) is 22.8 Å². The zero-order valence-corrected chi connectivity index (χ0v) is 17.5. The summed E-state index contributed by atoms with van der Waals surface area (Å²) in [6.07, 6.45) is 2.51. The van der Waals surface area contributed by atoms with Crippen molar-refractivity contribution >= 4 is 17.5 Å². The molecule has 1 saturated carbocycles. The summed E-state index contributed by atoms with van der Waals surface area (Å²) in [6, 6.07) is 10.6. The van der Waals surface area contributed by atoms with Gasteiger partial charge in [0.2, 0.25) is 5.91 Å². The highest BCUT2D eigenvalue weighted by atomic mass is 19.3. The minimum Gasteiger partial charge on any atom is -0.324 e. The number of anilines is 1. The molecule has 0 spiro atoms. The Kier molecular flexibility index (Phi) is 5.68. The van der Waals surface area contributed by atoms with Gasteiger partial charge in [-0.25, -0.2) is 13.2 Å². The van der Waals surface area contributed by atoms with Crippen LogP contribution in [0.1, 0.15) is 42.9 Å². The molecule has 2 aliphatic rings. The van der Waals surface area contributed by atoms with Crippen LogP contribution in [0.2, 0.25) is 0 Å². The number of halogens is 3. The van der Waals surface area contributed by atoms with Crippen molar-refractivity contribution in [3.63, 3.8) is 0 Å². The SMILES string of the molecule is CC(F)(F)c1ccc(CN2C(=O)CN(c3ccc(C#N)cc3F)C(=O)C2C2CCC2)cc1. The average Bonchev–Trinajstić information content (AvgIpc) is 2.71. The van der Waals surface area contributed by atoms with Gasteiger partial charge in [0.1, 0.15) is 18.4 Å². The minimum atomic E-state index is -2.96. The van der Waals surface area contributed by atoms with E-state index in [1.54, 1.807) is 0 Å². The van der Waals surface area contributed by atoms with Crippen LogP contribution >= 0.6 is 0 Å². The van der Waals surface area contributed by atoms with Gasteiger partial charge in [-0.3, -0.25) is 14.5 Å². The van der Waals surface area contributed by atoms with Gasteiger partial charge in [0, 0.05) is 19.0 Å². The third-order valence-electron chi connectivity index (χ3n) is 6.25. The molecule has 1 saturated heterocycles. The third kappa shape index (κ3) is 4.07. The number of rotatable bonds is 5. The summed E-state index contributed by atoms with van der Waals surface area (Å²) in [6.45, 7) is 0.610. The van der Waals surface area contributed by atoms with Crippen LogP contribution in [0.3, 0.4) is 0 Å². The second-order valence-corrected chi connectivity index (χ2v) is 8.45. The molecule has 0 bridgehead atoms. The Morgan fingerprint density at radius 2 is 1.81 bits per heavy atom. The lowest BCUT2D eigenvalue weighted by Gasteiger charge is -2.46. The molecule has 0 radical (unpaired) electrons. The summed E-state index contributed by atoms with van der Waals surface area (Å²) in [5.41, 5.74) is 0.614. The number of amides is 2. The van der Waals surface area contributed by atoms with Crippen LogP contribution in [0.5, 0.6) is 0 Å². The highest BCUT2D eigenvalue weighted by Crippen LogP contribution is 2.37. The summed E-state index contributed by atoms with van der Waals surface area (Å²) in [4.78, 5) is 29.1. The number of hydrogen-bond acceptors (Lipinski definition) is 3. The Balaban J connectivity index is 1.61. The Bertz CT molecular complexity index is 1090. The number of alkyl halides is 2. The van der Waals surface area contributed by atoms with Gasteiger partial charge in [0.05, 0.1) is 17.3 Å². The summed E-state index contributed by atoms with van der Waals surface area (Å²) >= 11 is 0. The molecule has 1 aliphatic carbocycles. The van der Waals surface area contributed by atoms with Crippen molar-refractivity contribution in [2.24, 2.45) is 5.92 Å². The molecule has 1 atom stereocenters. The maximum absolute atomic E-state index is 14.6. The topological polar surface area (TPSA) is 64.4 Å². The summed E-state index contributed by atoms with van der Waals surface area (Å²) in [5.74, 6) is -4.43. The number of carbonyl (C=O) groups excluding carboxylic acids is 2. The predicted octanol–water partition coefficient (Wildman–Crippen LogP) is 4.35. The number of benzene rings is 2. The fourth-order valence-corrected chi connectivity index (χ4v) is 4.25. The van der Waals surface area contributed by atoms with Crippen molar-refractivity contribution in [2.45, 2.75) is 44.7 Å². The highest BCUT2D eigenvalue weighted by Gasteiger charge is 2.46. The van der Waals surface area contributed by atoms with E-state index in [0.29, 0.717) is 5.56 Å². The molecule has 166 valence electrons. The van der Waals surface area contributed by atoms with Gasteiger partial charge in [-0.15, -0.1) is 0 Å². The summed E-state index contributed by atoms with van der Waals surface area (Å²) in [7, 11) is 0. The number of carbonyl (C=O) groups is 2. The number of nitrogens with zero attached hydrogens (tertiary/aromatic N) is 3. The van der Waals surface area contributed by atoms with Crippen LogP contribution in [0, 0.1) is 23.1 Å². The average molecular weight is 441 g/mol. The van der Waals surface area contributed by atoms with E-state index in [2.05, 4.69) is 0 Å². The van der Waals surface area contributed by atoms with Crippen molar-refractivity contribution in [1.82, 2.24) is 4.90 Å². The highest BCUT2D eigenvalue weighted by molar-refractivity contribution is 6.06. The smallest absolute Gasteiger partial charge is 0.270 e. The van der Waals surface area contributed by atoms with E-state index in [4.69, 9.17) is 5.26 Å². The van der Waals surface area contributed by atoms with Gasteiger partial charge in [-0.1, -0.05) is 30.7 Å². The monoisotopic (exact) mass is 441 g/mol. The van der Waals surface area contributed by atoms with Gasteiger partial charge < -0.3 is 4.90 Å². The molecule has 2 aromatic rings. The standard InChI is InChI=1S/C24H22F3N3O2/c1-24(26,27)18-8-5-15(6-9-18)13-30-21(31)14-29(23(32)22(30)17-3-2-4-17)20-10-7-16(12-28)11-19(20)25/h5-11,17,22H,2-4,13-14H2,1H3. The molecule has 0 N–H and O–H groups in total. The maximum atomic E-state index is 14.6. The van der Waals surface area contributed by atoms with Crippen LogP contribution in [-0.2, 0) is 22.1 Å². The van der Waals surface area contributed by atoms with Gasteiger partial charge in [-0.05, 0) is 42.5 Å². The van der Waals surface area contributed by atoms with E-state index in [1.807, 2.05) is 6.07 Å². The lowest BCUT2D eigenvalue weighted by molar-refractivity contribution is -0.147. The summed E-state index contributed by atoms with van der Waals surface area (Å²) < 4.78 is 41.6. The van der Waals surface area contributed by atoms with Crippen molar-refractivity contribution in [1.29, 1.82) is 5.26 Å². The second kappa shape index (κ2) is 8.30. The largest absolute Gasteiger partial charge is 0.324 e. The van der Waals surface area contributed by atoms with Crippen LogP contribution < -0.4 is 4.90 Å². The molecule has 1 aliphatic heterocycles. The number of hydrogen-bond donors (Lipinski definition) is 0. The Labute approximate surface area is 184 Å². The van der Waals surface area contributed by atoms with Crippen LogP contribution in [0.4, 0.5) is 18.9 Å².